The summed E-state index contributed by atoms with van der Waals surface area (Å²) in [7, 11) is 0. The summed E-state index contributed by atoms with van der Waals surface area (Å²) < 4.78 is 11.6. The minimum Gasteiger partial charge on any atom is -0.545 e. The van der Waals surface area contributed by atoms with Gasteiger partial charge in [0.25, 0.3) is 0 Å². The van der Waals surface area contributed by atoms with Crippen LogP contribution >= 0.6 is 11.6 Å². The Hall–Kier alpha value is -1.40. The van der Waals surface area contributed by atoms with Crippen LogP contribution in [0, 0.1) is 5.41 Å². The van der Waals surface area contributed by atoms with E-state index in [-0.39, 0.29) is 40.5 Å². The molecule has 0 spiro atoms. The van der Waals surface area contributed by atoms with Crippen LogP contribution in [0.1, 0.15) is 36.7 Å². The maximum atomic E-state index is 11.4. The number of ether oxygens (including phenoxy) is 2. The van der Waals surface area contributed by atoms with Gasteiger partial charge in [-0.3, -0.25) is 0 Å². The first-order valence-electron chi connectivity index (χ1n) is 8.88. The number of carbonyl (C=O) groups is 1. The first kappa shape index (κ1) is 22.9. The Kier molecular flexibility index (Phi) is 7.68. The topological polar surface area (TPSA) is 61.8 Å². The third kappa shape index (κ3) is 5.57. The number of aromatic carboxylic acids is 1. The van der Waals surface area contributed by atoms with Crippen molar-refractivity contribution in [2.75, 3.05) is 24.7 Å². The number of nitrogens with zero attached hydrogens (tertiary/aromatic N) is 1. The predicted octanol–water partition coefficient (Wildman–Crippen LogP) is 0.531. The van der Waals surface area contributed by atoms with E-state index in [9.17, 15) is 9.90 Å². The van der Waals surface area contributed by atoms with Gasteiger partial charge in [0, 0.05) is 22.7 Å². The maximum absolute atomic E-state index is 11.4. The summed E-state index contributed by atoms with van der Waals surface area (Å²) in [5.74, 6) is -0.119. The molecule has 0 aromatic heterocycles. The Morgan fingerprint density at radius 3 is 2.71 bits per heavy atom. The van der Waals surface area contributed by atoms with Gasteiger partial charge in [0.05, 0.1) is 24.8 Å². The van der Waals surface area contributed by atoms with Crippen molar-refractivity contribution in [1.82, 2.24) is 0 Å². The summed E-state index contributed by atoms with van der Waals surface area (Å²) in [6.07, 6.45) is 0. The van der Waals surface area contributed by atoms with E-state index in [0.29, 0.717) is 37.1 Å². The van der Waals surface area contributed by atoms with Gasteiger partial charge in [0.15, 0.2) is 5.75 Å². The van der Waals surface area contributed by atoms with Crippen molar-refractivity contribution in [3.8, 4) is 11.5 Å². The molecule has 2 aromatic rings. The smallest absolute Gasteiger partial charge is 0.545 e. The molecule has 0 bridgehead atoms. The molecule has 0 N–H and O–H groups in total. The van der Waals surface area contributed by atoms with Gasteiger partial charge in [-0.2, -0.15) is 0 Å². The van der Waals surface area contributed by atoms with Gasteiger partial charge in [0.2, 0.25) is 0 Å². The summed E-state index contributed by atoms with van der Waals surface area (Å²) in [5.41, 5.74) is 1.77. The van der Waals surface area contributed by atoms with E-state index in [0.717, 1.165) is 17.0 Å². The van der Waals surface area contributed by atoms with Gasteiger partial charge in [-0.25, -0.2) is 0 Å². The Bertz CT molecular complexity index is 851. The fourth-order valence-corrected chi connectivity index (χ4v) is 3.14. The average Bonchev–Trinajstić information content (AvgIpc) is 2.60. The van der Waals surface area contributed by atoms with E-state index < -0.39 is 5.97 Å². The van der Waals surface area contributed by atoms with Gasteiger partial charge in [0.1, 0.15) is 12.4 Å². The number of fused-ring (bicyclic) bond motifs is 1. The van der Waals surface area contributed by atoms with Gasteiger partial charge in [-0.15, -0.1) is 0 Å². The van der Waals surface area contributed by atoms with Crippen molar-refractivity contribution >= 4 is 23.3 Å². The molecule has 0 saturated heterocycles. The molecule has 144 valence electrons. The monoisotopic (exact) mass is 411 g/mol. The van der Waals surface area contributed by atoms with Crippen LogP contribution in [0.3, 0.4) is 0 Å². The molecule has 0 atom stereocenters. The summed E-state index contributed by atoms with van der Waals surface area (Å²) >= 11 is 6.21. The third-order valence-corrected chi connectivity index (χ3v) is 4.44. The third-order valence-electron chi connectivity index (χ3n) is 4.21. The number of hydrogen-bond acceptors (Lipinski definition) is 5. The number of rotatable bonds is 5. The van der Waals surface area contributed by atoms with Crippen molar-refractivity contribution in [2.24, 2.45) is 5.41 Å². The summed E-state index contributed by atoms with van der Waals surface area (Å²) in [5, 5.41) is 12.0. The molecule has 0 amide bonds. The van der Waals surface area contributed by atoms with E-state index in [1.54, 1.807) is 6.07 Å². The van der Waals surface area contributed by atoms with Gasteiger partial charge in [-0.1, -0.05) is 38.4 Å². The van der Waals surface area contributed by atoms with E-state index in [1.165, 1.54) is 6.07 Å². The average molecular weight is 412 g/mol. The molecule has 2 aromatic carbocycles. The van der Waals surface area contributed by atoms with Crippen LogP contribution in [0.5, 0.6) is 11.5 Å². The van der Waals surface area contributed by atoms with Gasteiger partial charge < -0.3 is 24.3 Å². The van der Waals surface area contributed by atoms with Crippen LogP contribution in [0.25, 0.3) is 0 Å². The minimum absolute atomic E-state index is 0. The fraction of sp³-hybridized carbons (Fsp3) is 0.381. The van der Waals surface area contributed by atoms with Crippen molar-refractivity contribution in [3.05, 3.63) is 52.5 Å². The first-order chi connectivity index (χ1) is 12.7. The number of halogens is 1. The van der Waals surface area contributed by atoms with Crippen LogP contribution in [-0.2, 0) is 6.54 Å². The fourth-order valence-electron chi connectivity index (χ4n) is 2.94. The Morgan fingerprint density at radius 1 is 1.29 bits per heavy atom. The molecule has 5 nitrogen and oxygen atoms in total. The van der Waals surface area contributed by atoms with Crippen LogP contribution in [-0.4, -0.2) is 25.7 Å². The molecule has 0 fully saturated rings. The Labute approximate surface area is 192 Å². The second-order valence-corrected chi connectivity index (χ2v) is 8.25. The van der Waals surface area contributed by atoms with Crippen LogP contribution in [0.2, 0.25) is 5.02 Å². The number of para-hydroxylation sites is 1. The van der Waals surface area contributed by atoms with Crippen molar-refractivity contribution in [3.63, 3.8) is 0 Å². The molecular formula is C21H23ClNNaO4. The minimum atomic E-state index is -1.24. The molecule has 7 heteroatoms. The molecule has 0 unspecified atom stereocenters. The molecule has 0 saturated carbocycles. The number of anilines is 1. The van der Waals surface area contributed by atoms with Gasteiger partial charge >= 0.3 is 29.6 Å². The number of carboxylic acids is 1. The van der Waals surface area contributed by atoms with Crippen molar-refractivity contribution in [1.29, 1.82) is 0 Å². The van der Waals surface area contributed by atoms with Crippen LogP contribution in [0.15, 0.2) is 36.4 Å². The second kappa shape index (κ2) is 9.40. The number of hydrogen-bond donors (Lipinski definition) is 0. The Balaban J connectivity index is 0.00000280. The zero-order chi connectivity index (χ0) is 19.6. The summed E-state index contributed by atoms with van der Waals surface area (Å²) in [4.78, 5) is 13.4. The van der Waals surface area contributed by atoms with Crippen molar-refractivity contribution < 1.29 is 48.9 Å². The predicted molar refractivity (Wildman–Crippen MR) is 104 cm³/mol. The molecule has 28 heavy (non-hydrogen) atoms. The second-order valence-electron chi connectivity index (χ2n) is 7.81. The largest absolute Gasteiger partial charge is 1.00 e. The molecule has 1 heterocycles. The van der Waals surface area contributed by atoms with E-state index in [4.69, 9.17) is 21.1 Å². The number of carbonyl (C=O) groups excluding carboxylic acids is 1. The van der Waals surface area contributed by atoms with E-state index in [2.05, 4.69) is 25.7 Å². The molecule has 0 aliphatic carbocycles. The molecule has 0 radical (unpaired) electrons. The summed E-state index contributed by atoms with van der Waals surface area (Å²) in [6.45, 7) is 8.49. The molecule has 1 aliphatic heterocycles. The standard InChI is InChI=1S/C21H24ClNO4.Na/c1-21(2,3)13-27-18-8-7-15(22)11-14(18)12-23-9-10-26-19-16(20(24)25)5-4-6-17(19)23;/h4-8,11H,9-10,12-13H2,1-3H3,(H,24,25);/q;+1/p-1. The summed E-state index contributed by atoms with van der Waals surface area (Å²) in [6, 6.07) is 10.6. The first-order valence-corrected chi connectivity index (χ1v) is 9.26. The van der Waals surface area contributed by atoms with E-state index in [1.807, 2.05) is 24.3 Å². The molecule has 3 rings (SSSR count). The zero-order valence-electron chi connectivity index (χ0n) is 16.8. The number of benzene rings is 2. The molecule has 1 aliphatic rings. The van der Waals surface area contributed by atoms with Gasteiger partial charge in [-0.05, 0) is 35.7 Å². The quantitative estimate of drug-likeness (QED) is 0.672. The van der Waals surface area contributed by atoms with Crippen molar-refractivity contribution in [2.45, 2.75) is 27.3 Å². The van der Waals surface area contributed by atoms with E-state index >= 15 is 0 Å². The normalized spacial score (nSPS) is 13.2. The SMILES string of the molecule is CC(C)(C)COc1ccc(Cl)cc1CN1CCOc2c(C(=O)[O-])cccc21.[Na+]. The maximum Gasteiger partial charge on any atom is 1.00 e. The molecular weight excluding hydrogens is 389 g/mol. The number of carboxylic acid groups (broad SMARTS) is 1. The van der Waals surface area contributed by atoms with Crippen LogP contribution < -0.4 is 49.0 Å². The Morgan fingerprint density at radius 2 is 2.04 bits per heavy atom. The van der Waals surface area contributed by atoms with Crippen LogP contribution in [0.4, 0.5) is 5.69 Å². The zero-order valence-corrected chi connectivity index (χ0v) is 19.5.